The fourth-order valence-electron chi connectivity index (χ4n) is 2.82. The summed E-state index contributed by atoms with van der Waals surface area (Å²) in [5.41, 5.74) is 0.699. The second-order valence-electron chi connectivity index (χ2n) is 6.08. The largest absolute Gasteiger partial charge is 0.490 e. The van der Waals surface area contributed by atoms with Crippen LogP contribution in [0.15, 0.2) is 28.7 Å². The van der Waals surface area contributed by atoms with Crippen LogP contribution in [-0.4, -0.2) is 41.8 Å². The van der Waals surface area contributed by atoms with Crippen LogP contribution in [0.4, 0.5) is 4.79 Å². The summed E-state index contributed by atoms with van der Waals surface area (Å²) < 4.78 is 11.5. The molecule has 0 radical (unpaired) electrons. The molecule has 0 spiro atoms. The predicted octanol–water partition coefficient (Wildman–Crippen LogP) is 3.06. The molecule has 1 aromatic heterocycles. The number of fused-ring (bicyclic) bond motifs is 1. The predicted molar refractivity (Wildman–Crippen MR) is 91.1 cm³/mol. The molecule has 0 saturated heterocycles. The van der Waals surface area contributed by atoms with Gasteiger partial charge in [-0.1, -0.05) is 12.1 Å². The first-order chi connectivity index (χ1) is 11.6. The molecule has 1 atom stereocenters. The maximum Gasteiger partial charge on any atom is 0.318 e. The summed E-state index contributed by atoms with van der Waals surface area (Å²) in [6.45, 7) is 4.72. The Morgan fingerprint density at radius 3 is 2.96 bits per heavy atom. The van der Waals surface area contributed by atoms with Gasteiger partial charge in [-0.3, -0.25) is 0 Å². The number of aliphatic hydroxyl groups is 1. The van der Waals surface area contributed by atoms with Crippen molar-refractivity contribution >= 4 is 17.0 Å². The summed E-state index contributed by atoms with van der Waals surface area (Å²) in [5, 5.41) is 13.0. The second-order valence-corrected chi connectivity index (χ2v) is 6.08. The lowest BCUT2D eigenvalue weighted by atomic mass is 10.2. The van der Waals surface area contributed by atoms with Crippen molar-refractivity contribution in [3.05, 3.63) is 30.0 Å². The zero-order chi connectivity index (χ0) is 17.1. The van der Waals surface area contributed by atoms with Gasteiger partial charge < -0.3 is 24.5 Å². The van der Waals surface area contributed by atoms with Gasteiger partial charge in [-0.2, -0.15) is 0 Å². The molecule has 1 saturated carbocycles. The minimum Gasteiger partial charge on any atom is -0.490 e. The Bertz CT molecular complexity index is 708. The van der Waals surface area contributed by atoms with Crippen LogP contribution in [0.25, 0.3) is 11.0 Å². The van der Waals surface area contributed by atoms with Crippen LogP contribution >= 0.6 is 0 Å². The molecule has 6 heteroatoms. The number of nitrogens with zero attached hydrogens (tertiary/aromatic N) is 1. The van der Waals surface area contributed by atoms with Gasteiger partial charge in [-0.25, -0.2) is 4.79 Å². The van der Waals surface area contributed by atoms with Gasteiger partial charge >= 0.3 is 6.03 Å². The van der Waals surface area contributed by atoms with E-state index in [1.165, 1.54) is 0 Å². The van der Waals surface area contributed by atoms with E-state index in [1.807, 2.05) is 38.1 Å². The molecule has 1 aliphatic rings. The molecule has 2 aromatic rings. The average molecular weight is 332 g/mol. The first kappa shape index (κ1) is 16.6. The van der Waals surface area contributed by atoms with Crippen molar-refractivity contribution in [3.8, 4) is 5.75 Å². The van der Waals surface area contributed by atoms with Crippen LogP contribution in [0.1, 0.15) is 38.5 Å². The van der Waals surface area contributed by atoms with Gasteiger partial charge in [0, 0.05) is 18.0 Å². The van der Waals surface area contributed by atoms with Gasteiger partial charge in [0.15, 0.2) is 11.3 Å². The van der Waals surface area contributed by atoms with Crippen LogP contribution in [0, 0.1) is 0 Å². The van der Waals surface area contributed by atoms with Gasteiger partial charge in [0.25, 0.3) is 0 Å². The number of para-hydroxylation sites is 1. The van der Waals surface area contributed by atoms with E-state index in [9.17, 15) is 4.79 Å². The van der Waals surface area contributed by atoms with E-state index < -0.39 is 0 Å². The van der Waals surface area contributed by atoms with Crippen LogP contribution in [0.3, 0.4) is 0 Å². The maximum absolute atomic E-state index is 12.4. The van der Waals surface area contributed by atoms with Crippen molar-refractivity contribution in [1.29, 1.82) is 0 Å². The Kier molecular flexibility index (Phi) is 4.94. The highest BCUT2D eigenvalue weighted by Gasteiger charge is 2.33. The van der Waals surface area contributed by atoms with Crippen LogP contribution in [0.5, 0.6) is 5.75 Å². The van der Waals surface area contributed by atoms with Gasteiger partial charge in [0.05, 0.1) is 19.3 Å². The molecular formula is C18H24N2O4. The Balaban J connectivity index is 1.74. The first-order valence-corrected chi connectivity index (χ1v) is 8.47. The summed E-state index contributed by atoms with van der Waals surface area (Å²) in [6, 6.07) is 7.51. The zero-order valence-electron chi connectivity index (χ0n) is 14.1. The van der Waals surface area contributed by atoms with Crippen LogP contribution in [-0.2, 0) is 0 Å². The van der Waals surface area contributed by atoms with Crippen molar-refractivity contribution < 1.29 is 19.1 Å². The van der Waals surface area contributed by atoms with E-state index in [0.717, 1.165) is 18.2 Å². The number of aliphatic hydroxyl groups excluding tert-OH is 1. The SMILES string of the molecule is CCOc1cccc2cc(C(C)NC(=O)N(CCO)C3CC3)oc12. The van der Waals surface area contributed by atoms with Crippen LogP contribution in [0.2, 0.25) is 0 Å². The number of hydrogen-bond acceptors (Lipinski definition) is 4. The molecule has 1 aliphatic carbocycles. The normalized spacial score (nSPS) is 15.3. The number of rotatable bonds is 7. The van der Waals surface area contributed by atoms with Crippen molar-refractivity contribution in [1.82, 2.24) is 10.2 Å². The Labute approximate surface area is 141 Å². The van der Waals surface area contributed by atoms with E-state index in [0.29, 0.717) is 30.2 Å². The highest BCUT2D eigenvalue weighted by Crippen LogP contribution is 2.31. The highest BCUT2D eigenvalue weighted by atomic mass is 16.5. The number of ether oxygens (including phenoxy) is 1. The number of carbonyl (C=O) groups is 1. The molecule has 2 N–H and O–H groups in total. The molecule has 0 aliphatic heterocycles. The fraction of sp³-hybridized carbons (Fsp3) is 0.500. The van der Waals surface area contributed by atoms with Crippen molar-refractivity contribution in [3.63, 3.8) is 0 Å². The maximum atomic E-state index is 12.4. The number of nitrogens with one attached hydrogen (secondary N) is 1. The molecule has 3 rings (SSSR count). The Hall–Kier alpha value is -2.21. The first-order valence-electron chi connectivity index (χ1n) is 8.47. The van der Waals surface area contributed by atoms with E-state index in [4.69, 9.17) is 14.3 Å². The smallest absolute Gasteiger partial charge is 0.318 e. The third-order valence-electron chi connectivity index (χ3n) is 4.18. The summed E-state index contributed by atoms with van der Waals surface area (Å²) in [7, 11) is 0. The topological polar surface area (TPSA) is 74.9 Å². The lowest BCUT2D eigenvalue weighted by Crippen LogP contribution is -2.43. The molecule has 1 aromatic carbocycles. The highest BCUT2D eigenvalue weighted by molar-refractivity contribution is 5.84. The van der Waals surface area contributed by atoms with Gasteiger partial charge in [-0.15, -0.1) is 0 Å². The third kappa shape index (κ3) is 3.48. The average Bonchev–Trinajstić information content (AvgIpc) is 3.30. The zero-order valence-corrected chi connectivity index (χ0v) is 14.1. The van der Waals surface area contributed by atoms with Gasteiger partial charge in [0.2, 0.25) is 0 Å². The molecule has 1 heterocycles. The number of urea groups is 1. The summed E-state index contributed by atoms with van der Waals surface area (Å²) in [5.74, 6) is 1.39. The Morgan fingerprint density at radius 2 is 2.29 bits per heavy atom. The van der Waals surface area contributed by atoms with Crippen LogP contribution < -0.4 is 10.1 Å². The molecule has 6 nitrogen and oxygen atoms in total. The number of carbonyl (C=O) groups excluding carboxylic acids is 1. The molecule has 0 bridgehead atoms. The van der Waals surface area contributed by atoms with Crippen molar-refractivity contribution in [2.75, 3.05) is 19.8 Å². The van der Waals surface area contributed by atoms with Gasteiger partial charge in [-0.05, 0) is 38.8 Å². The fourth-order valence-corrected chi connectivity index (χ4v) is 2.82. The number of benzene rings is 1. The number of hydrogen-bond donors (Lipinski definition) is 2. The summed E-state index contributed by atoms with van der Waals surface area (Å²) >= 11 is 0. The third-order valence-corrected chi connectivity index (χ3v) is 4.18. The molecule has 1 fully saturated rings. The summed E-state index contributed by atoms with van der Waals surface area (Å²) in [4.78, 5) is 14.1. The van der Waals surface area contributed by atoms with E-state index >= 15 is 0 Å². The quantitative estimate of drug-likeness (QED) is 0.817. The molecule has 130 valence electrons. The number of amides is 2. The minimum atomic E-state index is -0.265. The lowest BCUT2D eigenvalue weighted by molar-refractivity contribution is 0.170. The van der Waals surface area contributed by atoms with Crippen molar-refractivity contribution in [2.24, 2.45) is 0 Å². The monoisotopic (exact) mass is 332 g/mol. The van der Waals surface area contributed by atoms with E-state index in [2.05, 4.69) is 5.32 Å². The minimum absolute atomic E-state index is 0.0271. The van der Waals surface area contributed by atoms with E-state index in [1.54, 1.807) is 4.90 Å². The molecule has 2 amide bonds. The lowest BCUT2D eigenvalue weighted by Gasteiger charge is -2.23. The van der Waals surface area contributed by atoms with Gasteiger partial charge in [0.1, 0.15) is 5.76 Å². The standard InChI is InChI=1S/C18H24N2O4/c1-3-23-15-6-4-5-13-11-16(24-17(13)15)12(2)19-18(22)20(9-10-21)14-7-8-14/h4-6,11-12,14,21H,3,7-10H2,1-2H3,(H,19,22). The van der Waals surface area contributed by atoms with E-state index in [-0.39, 0.29) is 24.7 Å². The summed E-state index contributed by atoms with van der Waals surface area (Å²) in [6.07, 6.45) is 2.01. The molecular weight excluding hydrogens is 308 g/mol. The molecule has 24 heavy (non-hydrogen) atoms. The Morgan fingerprint density at radius 1 is 1.50 bits per heavy atom. The molecule has 1 unspecified atom stereocenters. The second kappa shape index (κ2) is 7.13. The number of furan rings is 1. The van der Waals surface area contributed by atoms with Crippen molar-refractivity contribution in [2.45, 2.75) is 38.8 Å².